The third-order valence-corrected chi connectivity index (χ3v) is 8.90. The first-order valence-corrected chi connectivity index (χ1v) is 19.5. The molecule has 0 spiro atoms. The molecule has 1 saturated heterocycles. The zero-order chi connectivity index (χ0) is 32.4. The monoisotopic (exact) mass is 630 g/mol. The van der Waals surface area contributed by atoms with Gasteiger partial charge in [-0.2, -0.15) is 0 Å². The Kier molecular flexibility index (Phi) is 30.4. The van der Waals surface area contributed by atoms with Crippen LogP contribution >= 0.6 is 0 Å². The third-order valence-electron chi connectivity index (χ3n) is 8.90. The number of rotatable bonds is 33. The molecule has 0 saturated carbocycles. The van der Waals surface area contributed by atoms with Crippen LogP contribution in [0.25, 0.3) is 0 Å². The van der Waals surface area contributed by atoms with E-state index < -0.39 is 5.79 Å². The molecule has 1 aliphatic rings. The summed E-state index contributed by atoms with van der Waals surface area (Å²) in [6.45, 7) is 4.00. The average Bonchev–Trinajstić information content (AvgIpc) is 3.46. The first kappa shape index (κ1) is 41.8. The van der Waals surface area contributed by atoms with Crippen LogP contribution in [0.2, 0.25) is 0 Å². The predicted octanol–water partition coefficient (Wildman–Crippen LogP) is 11.8. The van der Waals surface area contributed by atoms with Crippen molar-refractivity contribution in [3.63, 3.8) is 0 Å². The zero-order valence-electron chi connectivity index (χ0n) is 29.8. The number of unbranched alkanes of at least 4 members (excludes halogenated alkanes) is 17. The summed E-state index contributed by atoms with van der Waals surface area (Å²) in [7, 11) is 0. The van der Waals surface area contributed by atoms with E-state index in [4.69, 9.17) is 15.2 Å². The van der Waals surface area contributed by atoms with Gasteiger partial charge in [-0.1, -0.05) is 81.2 Å². The Balaban J connectivity index is 2.14. The molecule has 1 aliphatic heterocycles. The predicted molar refractivity (Wildman–Crippen MR) is 197 cm³/mol. The first-order valence-electron chi connectivity index (χ1n) is 19.5. The number of aliphatic hydroxyl groups is 1. The van der Waals surface area contributed by atoms with E-state index in [-0.39, 0.29) is 12.7 Å². The lowest BCUT2D eigenvalue weighted by Crippen LogP contribution is -2.31. The molecular weight excluding hydrogens is 554 g/mol. The maximum absolute atomic E-state index is 9.26. The minimum atomic E-state index is -0.394. The lowest BCUT2D eigenvalue weighted by atomic mass is 9.99. The number of nitrogens with two attached hydrogens (primary N) is 1. The Bertz CT molecular complexity index is 680. The molecule has 1 rings (SSSR count). The zero-order valence-corrected chi connectivity index (χ0v) is 29.8. The lowest BCUT2D eigenvalue weighted by molar-refractivity contribution is -0.180. The standard InChI is InChI=1S/C41H75NO3/c1-2-3-4-5-6-7-8-9-10-12-15-18-21-24-27-30-35-41(44-39-40(45-41)34-33-38-43)36-31-28-25-22-19-16-13-11-14-17-20-23-26-29-32-37-42/h6-7,15-16,18-20,23,40,43H,2-5,8-14,17,21-22,24-39,42H2,1H3/b7-6-,18-15-,19-16-,23-20-. The molecule has 0 bridgehead atoms. The summed E-state index contributed by atoms with van der Waals surface area (Å²) in [4.78, 5) is 0. The van der Waals surface area contributed by atoms with Crippen molar-refractivity contribution in [2.24, 2.45) is 5.73 Å². The van der Waals surface area contributed by atoms with Crippen LogP contribution in [0.4, 0.5) is 0 Å². The summed E-state index contributed by atoms with van der Waals surface area (Å²) in [5.74, 6) is -0.394. The molecule has 0 aromatic rings. The highest BCUT2D eigenvalue weighted by Crippen LogP contribution is 2.35. The molecule has 4 heteroatoms. The van der Waals surface area contributed by atoms with Gasteiger partial charge >= 0.3 is 0 Å². The molecule has 0 amide bonds. The maximum Gasteiger partial charge on any atom is 0.168 e. The third kappa shape index (κ3) is 26.6. The van der Waals surface area contributed by atoms with Crippen LogP contribution in [0, 0.1) is 0 Å². The molecule has 2 atom stereocenters. The van der Waals surface area contributed by atoms with Gasteiger partial charge in [0, 0.05) is 19.4 Å². The summed E-state index contributed by atoms with van der Waals surface area (Å²) in [5.41, 5.74) is 5.54. The van der Waals surface area contributed by atoms with E-state index in [1.54, 1.807) is 0 Å². The second kappa shape index (κ2) is 32.7. The highest BCUT2D eigenvalue weighted by molar-refractivity contribution is 4.86. The van der Waals surface area contributed by atoms with Crippen LogP contribution in [-0.2, 0) is 9.47 Å². The van der Waals surface area contributed by atoms with Crippen molar-refractivity contribution in [1.29, 1.82) is 0 Å². The van der Waals surface area contributed by atoms with Gasteiger partial charge < -0.3 is 20.3 Å². The molecule has 0 radical (unpaired) electrons. The first-order chi connectivity index (χ1) is 22.3. The molecule has 3 N–H and O–H groups in total. The van der Waals surface area contributed by atoms with Gasteiger partial charge in [0.25, 0.3) is 0 Å². The highest BCUT2D eigenvalue weighted by atomic mass is 16.7. The maximum atomic E-state index is 9.26. The molecule has 1 heterocycles. The fourth-order valence-electron chi connectivity index (χ4n) is 6.04. The van der Waals surface area contributed by atoms with Crippen LogP contribution in [-0.4, -0.2) is 36.8 Å². The summed E-state index contributed by atoms with van der Waals surface area (Å²) in [5, 5.41) is 9.26. The minimum Gasteiger partial charge on any atom is -0.396 e. The summed E-state index contributed by atoms with van der Waals surface area (Å²) >= 11 is 0. The average molecular weight is 630 g/mol. The normalized spacial score (nSPS) is 19.0. The highest BCUT2D eigenvalue weighted by Gasteiger charge is 2.40. The Morgan fingerprint density at radius 2 is 0.956 bits per heavy atom. The Hall–Kier alpha value is -1.20. The molecule has 2 unspecified atom stereocenters. The van der Waals surface area contributed by atoms with E-state index in [0.29, 0.717) is 6.61 Å². The van der Waals surface area contributed by atoms with Gasteiger partial charge in [0.05, 0.1) is 12.7 Å². The van der Waals surface area contributed by atoms with E-state index in [9.17, 15) is 5.11 Å². The smallest absolute Gasteiger partial charge is 0.168 e. The SMILES string of the molecule is CCCCC/C=C\CCCC/C=C\CCCCCC1(CCCCC/C=C\CCCC/C=C\CCCCN)OCC(CCCO)O1. The number of ether oxygens (including phenoxy) is 2. The van der Waals surface area contributed by atoms with Crippen molar-refractivity contribution in [3.8, 4) is 0 Å². The molecule has 0 aliphatic carbocycles. The minimum absolute atomic E-state index is 0.145. The van der Waals surface area contributed by atoms with Crippen molar-refractivity contribution >= 4 is 0 Å². The molecule has 4 nitrogen and oxygen atoms in total. The van der Waals surface area contributed by atoms with Crippen molar-refractivity contribution in [3.05, 3.63) is 48.6 Å². The molecule has 0 aromatic carbocycles. The number of aliphatic hydroxyl groups excluding tert-OH is 1. The van der Waals surface area contributed by atoms with Crippen LogP contribution in [0.15, 0.2) is 48.6 Å². The van der Waals surface area contributed by atoms with Crippen LogP contribution < -0.4 is 5.73 Å². The van der Waals surface area contributed by atoms with Crippen molar-refractivity contribution < 1.29 is 14.6 Å². The molecule has 45 heavy (non-hydrogen) atoms. The van der Waals surface area contributed by atoms with Gasteiger partial charge in [0.2, 0.25) is 0 Å². The largest absolute Gasteiger partial charge is 0.396 e. The van der Waals surface area contributed by atoms with Crippen molar-refractivity contribution in [2.75, 3.05) is 19.8 Å². The molecule has 262 valence electrons. The molecule has 1 fully saturated rings. The van der Waals surface area contributed by atoms with Crippen LogP contribution in [0.5, 0.6) is 0 Å². The Morgan fingerprint density at radius 3 is 1.36 bits per heavy atom. The van der Waals surface area contributed by atoms with E-state index in [1.165, 1.54) is 128 Å². The van der Waals surface area contributed by atoms with E-state index >= 15 is 0 Å². The topological polar surface area (TPSA) is 64.7 Å². The van der Waals surface area contributed by atoms with E-state index in [0.717, 1.165) is 51.5 Å². The summed E-state index contributed by atoms with van der Waals surface area (Å²) in [6.07, 6.45) is 51.3. The van der Waals surface area contributed by atoms with Gasteiger partial charge in [0.15, 0.2) is 5.79 Å². The van der Waals surface area contributed by atoms with E-state index in [1.807, 2.05) is 0 Å². The fraction of sp³-hybridized carbons (Fsp3) is 0.805. The quantitative estimate of drug-likeness (QED) is 0.0560. The van der Waals surface area contributed by atoms with Crippen molar-refractivity contribution in [2.45, 2.75) is 192 Å². The van der Waals surface area contributed by atoms with Crippen LogP contribution in [0.1, 0.15) is 180 Å². The van der Waals surface area contributed by atoms with Gasteiger partial charge in [-0.05, 0) is 141 Å². The second-order valence-electron chi connectivity index (χ2n) is 13.3. The lowest BCUT2D eigenvalue weighted by Gasteiger charge is -2.28. The number of hydrogen-bond donors (Lipinski definition) is 2. The fourth-order valence-corrected chi connectivity index (χ4v) is 6.04. The summed E-state index contributed by atoms with van der Waals surface area (Å²) in [6, 6.07) is 0. The van der Waals surface area contributed by atoms with Crippen molar-refractivity contribution in [1.82, 2.24) is 0 Å². The van der Waals surface area contributed by atoms with Crippen LogP contribution in [0.3, 0.4) is 0 Å². The Labute approximate surface area is 280 Å². The van der Waals surface area contributed by atoms with Gasteiger partial charge in [-0.25, -0.2) is 0 Å². The molecule has 0 aromatic heterocycles. The summed E-state index contributed by atoms with van der Waals surface area (Å²) < 4.78 is 12.9. The second-order valence-corrected chi connectivity index (χ2v) is 13.3. The van der Waals surface area contributed by atoms with Gasteiger partial charge in [0.1, 0.15) is 0 Å². The molecular formula is C41H75NO3. The van der Waals surface area contributed by atoms with Gasteiger partial charge in [-0.3, -0.25) is 0 Å². The Morgan fingerprint density at radius 1 is 0.556 bits per heavy atom. The number of hydrogen-bond acceptors (Lipinski definition) is 4. The number of allylic oxidation sites excluding steroid dienone is 8. The van der Waals surface area contributed by atoms with E-state index in [2.05, 4.69) is 55.5 Å². The van der Waals surface area contributed by atoms with Gasteiger partial charge in [-0.15, -0.1) is 0 Å².